The predicted molar refractivity (Wildman–Crippen MR) is 119 cm³/mol. The Hall–Kier alpha value is -2.37. The number of nitrogens with one attached hydrogen (secondary N) is 1. The summed E-state index contributed by atoms with van der Waals surface area (Å²) in [5, 5.41) is 3.53. The van der Waals surface area contributed by atoms with Crippen LogP contribution in [0.25, 0.3) is 0 Å². The molecule has 5 nitrogen and oxygen atoms in total. The molecule has 1 saturated heterocycles. The maximum atomic E-state index is 13.4. The monoisotopic (exact) mass is 456 g/mol. The third-order valence-electron chi connectivity index (χ3n) is 7.03. The molecule has 2 bridgehead atoms. The zero-order valence-corrected chi connectivity index (χ0v) is 18.3. The lowest BCUT2D eigenvalue weighted by Crippen LogP contribution is -2.49. The molecule has 1 aliphatic heterocycles. The zero-order valence-electron chi connectivity index (χ0n) is 16.8. The molecule has 3 aliphatic rings. The van der Waals surface area contributed by atoms with Crippen LogP contribution in [0.2, 0.25) is 10.0 Å². The first-order valence-corrected chi connectivity index (χ1v) is 11.4. The van der Waals surface area contributed by atoms with E-state index in [0.29, 0.717) is 15.7 Å². The fourth-order valence-corrected chi connectivity index (χ4v) is 5.98. The van der Waals surface area contributed by atoms with Crippen LogP contribution in [0.1, 0.15) is 24.8 Å². The molecule has 1 N–H and O–H groups in total. The van der Waals surface area contributed by atoms with Crippen LogP contribution in [0.5, 0.6) is 0 Å². The highest BCUT2D eigenvalue weighted by atomic mass is 35.5. The Bertz CT molecular complexity index is 1030. The average molecular weight is 457 g/mol. The second-order valence-electron chi connectivity index (χ2n) is 8.75. The lowest BCUT2D eigenvalue weighted by molar-refractivity contribution is -0.147. The van der Waals surface area contributed by atoms with Gasteiger partial charge in [-0.2, -0.15) is 0 Å². The Morgan fingerprint density at radius 3 is 2.23 bits per heavy atom. The predicted octanol–water partition coefficient (Wildman–Crippen LogP) is 4.57. The first kappa shape index (κ1) is 20.5. The summed E-state index contributed by atoms with van der Waals surface area (Å²) in [5.74, 6) is -0.764. The van der Waals surface area contributed by atoms with E-state index < -0.39 is 11.9 Å². The van der Waals surface area contributed by atoms with Crippen LogP contribution in [0.4, 0.5) is 5.69 Å². The van der Waals surface area contributed by atoms with E-state index in [0.717, 1.165) is 24.8 Å². The Morgan fingerprint density at radius 2 is 1.61 bits per heavy atom. The fourth-order valence-electron chi connectivity index (χ4n) is 5.68. The topological polar surface area (TPSA) is 66.5 Å². The van der Waals surface area contributed by atoms with E-state index in [9.17, 15) is 14.4 Å². The molecular weight excluding hydrogens is 435 g/mol. The SMILES string of the molecule is O=C(Nc1ccc(Cl)c(Cl)c1)[C@@H](Cc1ccccc1)N1C(=O)[C@@H]2[C@H]3CC[C@@H](C3)[C@@H]2C1=O. The summed E-state index contributed by atoms with van der Waals surface area (Å²) in [5.41, 5.74) is 1.36. The van der Waals surface area contributed by atoms with E-state index in [1.165, 1.54) is 4.90 Å². The molecule has 2 aromatic carbocycles. The number of carbonyl (C=O) groups is 3. The van der Waals surface area contributed by atoms with Crippen LogP contribution in [0.3, 0.4) is 0 Å². The number of likely N-dealkylation sites (tertiary alicyclic amines) is 1. The molecule has 5 rings (SSSR count). The summed E-state index contributed by atoms with van der Waals surface area (Å²) in [4.78, 5) is 41.3. The van der Waals surface area contributed by atoms with Gasteiger partial charge in [0.15, 0.2) is 0 Å². The lowest BCUT2D eigenvalue weighted by Gasteiger charge is -2.27. The maximum absolute atomic E-state index is 13.4. The summed E-state index contributed by atoms with van der Waals surface area (Å²) in [6.45, 7) is 0. The van der Waals surface area contributed by atoms with E-state index in [1.54, 1.807) is 18.2 Å². The van der Waals surface area contributed by atoms with E-state index in [4.69, 9.17) is 23.2 Å². The number of nitrogens with zero attached hydrogens (tertiary/aromatic N) is 1. The number of carbonyl (C=O) groups excluding carboxylic acids is 3. The van der Waals surface area contributed by atoms with Gasteiger partial charge in [-0.3, -0.25) is 19.3 Å². The molecule has 160 valence electrons. The summed E-state index contributed by atoms with van der Waals surface area (Å²) >= 11 is 12.1. The third-order valence-corrected chi connectivity index (χ3v) is 7.77. The van der Waals surface area contributed by atoms with Gasteiger partial charge in [-0.1, -0.05) is 53.5 Å². The van der Waals surface area contributed by atoms with Crippen LogP contribution in [0.15, 0.2) is 48.5 Å². The van der Waals surface area contributed by atoms with E-state index >= 15 is 0 Å². The maximum Gasteiger partial charge on any atom is 0.248 e. The van der Waals surface area contributed by atoms with E-state index in [-0.39, 0.29) is 41.9 Å². The number of hydrogen-bond donors (Lipinski definition) is 1. The van der Waals surface area contributed by atoms with Gasteiger partial charge in [-0.05, 0) is 54.9 Å². The quantitative estimate of drug-likeness (QED) is 0.669. The number of fused-ring (bicyclic) bond motifs is 5. The first-order valence-electron chi connectivity index (χ1n) is 10.6. The van der Waals surface area contributed by atoms with Crippen molar-refractivity contribution in [2.45, 2.75) is 31.7 Å². The molecule has 1 heterocycles. The summed E-state index contributed by atoms with van der Waals surface area (Å²) in [6.07, 6.45) is 3.22. The van der Waals surface area contributed by atoms with Crippen LogP contribution in [-0.2, 0) is 20.8 Å². The van der Waals surface area contributed by atoms with Crippen molar-refractivity contribution in [2.75, 3.05) is 5.32 Å². The second-order valence-corrected chi connectivity index (χ2v) is 9.57. The Kier molecular flexibility index (Phi) is 5.27. The largest absolute Gasteiger partial charge is 0.324 e. The van der Waals surface area contributed by atoms with Gasteiger partial charge in [-0.15, -0.1) is 0 Å². The molecule has 3 fully saturated rings. The zero-order chi connectivity index (χ0) is 21.7. The Morgan fingerprint density at radius 1 is 0.968 bits per heavy atom. The normalized spacial score (nSPS) is 27.5. The van der Waals surface area contributed by atoms with E-state index in [2.05, 4.69) is 5.32 Å². The van der Waals surface area contributed by atoms with Gasteiger partial charge in [0.25, 0.3) is 0 Å². The van der Waals surface area contributed by atoms with Gasteiger partial charge in [0.05, 0.1) is 21.9 Å². The number of amides is 3. The number of anilines is 1. The van der Waals surface area contributed by atoms with E-state index in [1.807, 2.05) is 30.3 Å². The second kappa shape index (κ2) is 7.95. The number of halogens is 2. The summed E-state index contributed by atoms with van der Waals surface area (Å²) in [6, 6.07) is 13.3. The van der Waals surface area contributed by atoms with Gasteiger partial charge in [0.2, 0.25) is 17.7 Å². The minimum absolute atomic E-state index is 0.188. The molecule has 3 amide bonds. The van der Waals surface area contributed by atoms with Crippen molar-refractivity contribution in [3.63, 3.8) is 0 Å². The Labute approximate surface area is 190 Å². The van der Waals surface area contributed by atoms with Gasteiger partial charge >= 0.3 is 0 Å². The molecule has 2 aromatic rings. The van der Waals surface area contributed by atoms with Crippen molar-refractivity contribution in [3.8, 4) is 0 Å². The molecule has 0 aromatic heterocycles. The van der Waals surface area contributed by atoms with Crippen molar-refractivity contribution in [3.05, 3.63) is 64.1 Å². The van der Waals surface area contributed by atoms with Crippen LogP contribution >= 0.6 is 23.2 Å². The smallest absolute Gasteiger partial charge is 0.248 e. The van der Waals surface area contributed by atoms with Crippen molar-refractivity contribution in [1.29, 1.82) is 0 Å². The molecular formula is C24H22Cl2N2O3. The molecule has 0 spiro atoms. The first-order chi connectivity index (χ1) is 14.9. The van der Waals surface area contributed by atoms with Gasteiger partial charge < -0.3 is 5.32 Å². The summed E-state index contributed by atoms with van der Waals surface area (Å²) < 4.78 is 0. The highest BCUT2D eigenvalue weighted by Gasteiger charge is 2.62. The molecule has 7 heteroatoms. The lowest BCUT2D eigenvalue weighted by atomic mass is 9.81. The van der Waals surface area contributed by atoms with Crippen molar-refractivity contribution in [2.24, 2.45) is 23.7 Å². The fraction of sp³-hybridized carbons (Fsp3) is 0.375. The molecule has 0 unspecified atom stereocenters. The minimum atomic E-state index is -0.915. The minimum Gasteiger partial charge on any atom is -0.324 e. The van der Waals surface area contributed by atoms with Crippen molar-refractivity contribution in [1.82, 2.24) is 4.90 Å². The highest BCUT2D eigenvalue weighted by molar-refractivity contribution is 6.42. The van der Waals surface area contributed by atoms with Crippen LogP contribution < -0.4 is 5.32 Å². The van der Waals surface area contributed by atoms with Gasteiger partial charge in [0.1, 0.15) is 6.04 Å². The summed E-state index contributed by atoms with van der Waals surface area (Å²) in [7, 11) is 0. The van der Waals surface area contributed by atoms with Crippen molar-refractivity contribution >= 4 is 46.6 Å². The standard InChI is InChI=1S/C24H22Cl2N2O3/c25-17-9-8-16(12-18(17)26)27-22(29)19(10-13-4-2-1-3-5-13)28-23(30)20-14-6-7-15(11-14)21(20)24(28)31/h1-5,8-9,12,14-15,19-21H,6-7,10-11H2,(H,27,29)/t14-,15-,19+,20-,21+/m0/s1. The van der Waals surface area contributed by atoms with Gasteiger partial charge in [-0.25, -0.2) is 0 Å². The number of imide groups is 1. The van der Waals surface area contributed by atoms with Crippen molar-refractivity contribution < 1.29 is 14.4 Å². The molecule has 0 radical (unpaired) electrons. The molecule has 31 heavy (non-hydrogen) atoms. The average Bonchev–Trinajstić information content (AvgIpc) is 3.44. The third kappa shape index (κ3) is 3.54. The molecule has 2 saturated carbocycles. The van der Waals surface area contributed by atoms with Crippen LogP contribution in [-0.4, -0.2) is 28.7 Å². The molecule has 5 atom stereocenters. The highest BCUT2D eigenvalue weighted by Crippen LogP contribution is 2.56. The number of rotatable bonds is 5. The van der Waals surface area contributed by atoms with Crippen LogP contribution in [0, 0.1) is 23.7 Å². The number of benzene rings is 2. The Balaban J connectivity index is 1.45. The molecule has 2 aliphatic carbocycles. The number of hydrogen-bond acceptors (Lipinski definition) is 3. The van der Waals surface area contributed by atoms with Gasteiger partial charge in [0, 0.05) is 12.1 Å².